The lowest BCUT2D eigenvalue weighted by atomic mass is 9.98. The van der Waals surface area contributed by atoms with Crippen LogP contribution in [0.25, 0.3) is 5.69 Å². The van der Waals surface area contributed by atoms with E-state index in [1.165, 1.54) is 16.8 Å². The van der Waals surface area contributed by atoms with Crippen LogP contribution in [0, 0.1) is 18.7 Å². The average molecular weight is 429 g/mol. The van der Waals surface area contributed by atoms with Crippen LogP contribution in [0.3, 0.4) is 0 Å². The van der Waals surface area contributed by atoms with E-state index in [2.05, 4.69) is 10.3 Å². The fourth-order valence-electron chi connectivity index (χ4n) is 3.65. The van der Waals surface area contributed by atoms with Gasteiger partial charge >= 0.3 is 0 Å². The number of hydrogen-bond acceptors (Lipinski definition) is 4. The summed E-state index contributed by atoms with van der Waals surface area (Å²) >= 11 is 5.87. The molecule has 6 nitrogen and oxygen atoms in total. The maximum absolute atomic E-state index is 13.5. The van der Waals surface area contributed by atoms with Gasteiger partial charge in [-0.1, -0.05) is 35.0 Å². The number of aromatic nitrogens is 3. The molecule has 0 saturated carbocycles. The zero-order chi connectivity index (χ0) is 21.1. The van der Waals surface area contributed by atoms with Crippen LogP contribution >= 0.6 is 11.6 Å². The molecule has 2 heterocycles. The van der Waals surface area contributed by atoms with E-state index in [1.807, 2.05) is 35.2 Å². The minimum Gasteiger partial charge on any atom is -0.493 e. The fourth-order valence-corrected chi connectivity index (χ4v) is 3.83. The predicted octanol–water partition coefficient (Wildman–Crippen LogP) is 4.30. The second-order valence-corrected chi connectivity index (χ2v) is 7.82. The Balaban J connectivity index is 1.45. The topological polar surface area (TPSA) is 60.3 Å². The second kappa shape index (κ2) is 8.83. The highest BCUT2D eigenvalue weighted by molar-refractivity contribution is 6.30. The van der Waals surface area contributed by atoms with E-state index in [9.17, 15) is 9.18 Å². The molecule has 1 amide bonds. The van der Waals surface area contributed by atoms with Crippen molar-refractivity contribution in [3.05, 3.63) is 70.8 Å². The number of benzene rings is 2. The molecule has 1 aliphatic rings. The van der Waals surface area contributed by atoms with Crippen molar-refractivity contribution >= 4 is 17.5 Å². The number of halogens is 2. The van der Waals surface area contributed by atoms with Crippen molar-refractivity contribution in [3.8, 4) is 11.4 Å². The van der Waals surface area contributed by atoms with Crippen molar-refractivity contribution in [2.75, 3.05) is 19.7 Å². The van der Waals surface area contributed by atoms with Crippen LogP contribution in [0.5, 0.6) is 5.75 Å². The number of amides is 1. The Bertz CT molecular complexity index is 1040. The SMILES string of the molecule is Cc1c(C(=O)N2CCCC(COc3ccccc3)C2)nnn1-c1ccc(F)c(Cl)c1. The second-order valence-electron chi connectivity index (χ2n) is 7.42. The molecule has 1 aromatic heterocycles. The molecule has 2 aromatic carbocycles. The molecule has 0 aliphatic carbocycles. The van der Waals surface area contributed by atoms with Gasteiger partial charge in [-0.15, -0.1) is 5.10 Å². The van der Waals surface area contributed by atoms with Gasteiger partial charge in [0.05, 0.1) is 23.0 Å². The molecule has 1 fully saturated rings. The van der Waals surface area contributed by atoms with Crippen molar-refractivity contribution in [3.63, 3.8) is 0 Å². The van der Waals surface area contributed by atoms with E-state index in [0.717, 1.165) is 18.6 Å². The molecule has 1 atom stereocenters. The number of rotatable bonds is 5. The molecule has 1 saturated heterocycles. The Morgan fingerprint density at radius 1 is 1.27 bits per heavy atom. The Morgan fingerprint density at radius 2 is 2.07 bits per heavy atom. The van der Waals surface area contributed by atoms with Crippen LogP contribution < -0.4 is 4.74 Å². The van der Waals surface area contributed by atoms with Crippen LogP contribution in [-0.2, 0) is 0 Å². The van der Waals surface area contributed by atoms with Gasteiger partial charge in [-0.2, -0.15) is 0 Å². The first-order valence-corrected chi connectivity index (χ1v) is 10.3. The standard InChI is InChI=1S/C22H22ClFN4O2/c1-15-21(25-26-28(15)17-9-10-20(24)19(23)12-17)22(29)27-11-5-6-16(13-27)14-30-18-7-3-2-4-8-18/h2-4,7-10,12,16H,5-6,11,13-14H2,1H3. The zero-order valence-electron chi connectivity index (χ0n) is 16.6. The Labute approximate surface area is 179 Å². The van der Waals surface area contributed by atoms with Gasteiger partial charge in [0.25, 0.3) is 5.91 Å². The highest BCUT2D eigenvalue weighted by atomic mass is 35.5. The van der Waals surface area contributed by atoms with Gasteiger partial charge in [0.1, 0.15) is 11.6 Å². The molecule has 0 spiro atoms. The van der Waals surface area contributed by atoms with E-state index in [4.69, 9.17) is 16.3 Å². The zero-order valence-corrected chi connectivity index (χ0v) is 17.3. The molecule has 30 heavy (non-hydrogen) atoms. The minimum absolute atomic E-state index is 0.00688. The van der Waals surface area contributed by atoms with E-state index in [-0.39, 0.29) is 16.8 Å². The molecule has 0 radical (unpaired) electrons. The van der Waals surface area contributed by atoms with Crippen molar-refractivity contribution in [2.24, 2.45) is 5.92 Å². The first-order valence-electron chi connectivity index (χ1n) is 9.88. The number of nitrogens with zero attached hydrogens (tertiary/aromatic N) is 4. The summed E-state index contributed by atoms with van der Waals surface area (Å²) in [5.74, 6) is 0.426. The van der Waals surface area contributed by atoms with E-state index < -0.39 is 5.82 Å². The van der Waals surface area contributed by atoms with E-state index in [0.29, 0.717) is 36.8 Å². The Hall–Kier alpha value is -2.93. The molecule has 3 aromatic rings. The van der Waals surface area contributed by atoms with E-state index in [1.54, 1.807) is 13.0 Å². The Morgan fingerprint density at radius 3 is 2.83 bits per heavy atom. The van der Waals surface area contributed by atoms with Gasteiger partial charge in [0.15, 0.2) is 5.69 Å². The molecular formula is C22H22ClFN4O2. The summed E-state index contributed by atoms with van der Waals surface area (Å²) in [6.07, 6.45) is 1.92. The molecule has 8 heteroatoms. The minimum atomic E-state index is -0.508. The highest BCUT2D eigenvalue weighted by Gasteiger charge is 2.28. The van der Waals surface area contributed by atoms with Crippen LogP contribution in [-0.4, -0.2) is 45.5 Å². The van der Waals surface area contributed by atoms with Gasteiger partial charge in [0, 0.05) is 19.0 Å². The summed E-state index contributed by atoms with van der Waals surface area (Å²) in [5, 5.41) is 8.17. The third kappa shape index (κ3) is 4.31. The van der Waals surface area contributed by atoms with Gasteiger partial charge in [-0.3, -0.25) is 4.79 Å². The lowest BCUT2D eigenvalue weighted by Gasteiger charge is -2.32. The third-order valence-electron chi connectivity index (χ3n) is 5.28. The fraction of sp³-hybridized carbons (Fsp3) is 0.318. The lowest BCUT2D eigenvalue weighted by Crippen LogP contribution is -2.42. The first kappa shape index (κ1) is 20.3. The number of carbonyl (C=O) groups is 1. The number of likely N-dealkylation sites (tertiary alicyclic amines) is 1. The maximum Gasteiger partial charge on any atom is 0.276 e. The number of piperidine rings is 1. The molecular weight excluding hydrogens is 407 g/mol. The normalized spacial score (nSPS) is 16.5. The summed E-state index contributed by atoms with van der Waals surface area (Å²) in [7, 11) is 0. The average Bonchev–Trinajstić information content (AvgIpc) is 3.16. The van der Waals surface area contributed by atoms with Crippen molar-refractivity contribution in [1.29, 1.82) is 0 Å². The highest BCUT2D eigenvalue weighted by Crippen LogP contribution is 2.23. The van der Waals surface area contributed by atoms with Crippen molar-refractivity contribution in [1.82, 2.24) is 19.9 Å². The van der Waals surface area contributed by atoms with Gasteiger partial charge in [0.2, 0.25) is 0 Å². The Kier molecular flexibility index (Phi) is 5.99. The summed E-state index contributed by atoms with van der Waals surface area (Å²) in [4.78, 5) is 14.9. The molecule has 1 aliphatic heterocycles. The quantitative estimate of drug-likeness (QED) is 0.608. The molecule has 0 bridgehead atoms. The monoisotopic (exact) mass is 428 g/mol. The molecule has 1 unspecified atom stereocenters. The predicted molar refractivity (Wildman–Crippen MR) is 112 cm³/mol. The van der Waals surface area contributed by atoms with Crippen molar-refractivity contribution in [2.45, 2.75) is 19.8 Å². The van der Waals surface area contributed by atoms with Crippen LogP contribution in [0.15, 0.2) is 48.5 Å². The largest absolute Gasteiger partial charge is 0.493 e. The third-order valence-corrected chi connectivity index (χ3v) is 5.57. The number of ether oxygens (including phenoxy) is 1. The molecule has 156 valence electrons. The smallest absolute Gasteiger partial charge is 0.276 e. The van der Waals surface area contributed by atoms with E-state index >= 15 is 0 Å². The van der Waals surface area contributed by atoms with Gasteiger partial charge in [-0.25, -0.2) is 9.07 Å². The van der Waals surface area contributed by atoms with Crippen molar-refractivity contribution < 1.29 is 13.9 Å². The summed E-state index contributed by atoms with van der Waals surface area (Å²) in [5.41, 5.74) is 1.43. The molecule has 0 N–H and O–H groups in total. The van der Waals surface area contributed by atoms with Gasteiger partial charge in [-0.05, 0) is 50.1 Å². The van der Waals surface area contributed by atoms with Crippen LogP contribution in [0.2, 0.25) is 5.02 Å². The van der Waals surface area contributed by atoms with Gasteiger partial charge < -0.3 is 9.64 Å². The first-order chi connectivity index (χ1) is 14.5. The number of para-hydroxylation sites is 1. The van der Waals surface area contributed by atoms with Crippen LogP contribution in [0.1, 0.15) is 29.0 Å². The lowest BCUT2D eigenvalue weighted by molar-refractivity contribution is 0.0626. The number of hydrogen-bond donors (Lipinski definition) is 0. The summed E-state index contributed by atoms with van der Waals surface area (Å²) in [6, 6.07) is 14.0. The summed E-state index contributed by atoms with van der Waals surface area (Å²) in [6.45, 7) is 3.62. The summed E-state index contributed by atoms with van der Waals surface area (Å²) < 4.78 is 20.8. The number of carbonyl (C=O) groups excluding carboxylic acids is 1. The maximum atomic E-state index is 13.5. The van der Waals surface area contributed by atoms with Crippen LogP contribution in [0.4, 0.5) is 4.39 Å². The molecule has 4 rings (SSSR count).